The van der Waals surface area contributed by atoms with Crippen LogP contribution < -0.4 is 4.90 Å². The van der Waals surface area contributed by atoms with Crippen LogP contribution in [-0.2, 0) is 14.3 Å². The Balaban J connectivity index is 1.63. The number of halogens is 1. The number of carbonyl (C=O) groups is 3. The van der Waals surface area contributed by atoms with E-state index in [9.17, 15) is 14.4 Å². The molecule has 5 nitrogen and oxygen atoms in total. The van der Waals surface area contributed by atoms with Gasteiger partial charge in [-0.1, -0.05) is 41.9 Å². The minimum absolute atomic E-state index is 0.0632. The van der Waals surface area contributed by atoms with Crippen LogP contribution in [0.4, 0.5) is 5.69 Å². The number of esters is 1. The number of benzene rings is 2. The molecule has 1 fully saturated rings. The van der Waals surface area contributed by atoms with Crippen LogP contribution in [0.3, 0.4) is 0 Å². The molecule has 1 aliphatic heterocycles. The molecule has 0 N–H and O–H groups in total. The zero-order valence-electron chi connectivity index (χ0n) is 14.2. The summed E-state index contributed by atoms with van der Waals surface area (Å²) in [6, 6.07) is 15.5. The molecule has 0 aromatic heterocycles. The summed E-state index contributed by atoms with van der Waals surface area (Å²) in [4.78, 5) is 38.5. The van der Waals surface area contributed by atoms with Crippen LogP contribution in [0.5, 0.6) is 0 Å². The van der Waals surface area contributed by atoms with Gasteiger partial charge in [0.1, 0.15) is 0 Å². The summed E-state index contributed by atoms with van der Waals surface area (Å²) in [5, 5.41) is 0.574. The van der Waals surface area contributed by atoms with Gasteiger partial charge in [-0.15, -0.1) is 0 Å². The average Bonchev–Trinajstić information content (AvgIpc) is 3.04. The van der Waals surface area contributed by atoms with E-state index in [0.29, 0.717) is 16.3 Å². The number of hydrogen-bond acceptors (Lipinski definition) is 4. The molecule has 6 heteroatoms. The molecular weight excluding hydrogens is 354 g/mol. The number of nitrogens with zero attached hydrogens (tertiary/aromatic N) is 1. The molecule has 2 atom stereocenters. The van der Waals surface area contributed by atoms with E-state index in [4.69, 9.17) is 16.3 Å². The molecule has 2 aromatic rings. The Kier molecular flexibility index (Phi) is 5.38. The molecule has 1 amide bonds. The lowest BCUT2D eigenvalue weighted by molar-refractivity contribution is -0.151. The van der Waals surface area contributed by atoms with Crippen molar-refractivity contribution >= 4 is 34.9 Å². The maximum absolute atomic E-state index is 12.4. The van der Waals surface area contributed by atoms with Gasteiger partial charge in [0.25, 0.3) is 0 Å². The minimum Gasteiger partial charge on any atom is -0.454 e. The van der Waals surface area contributed by atoms with Gasteiger partial charge in [-0.3, -0.25) is 14.4 Å². The van der Waals surface area contributed by atoms with Crippen LogP contribution in [0, 0.1) is 5.92 Å². The lowest BCUT2D eigenvalue weighted by Gasteiger charge is -2.17. The van der Waals surface area contributed by atoms with Crippen molar-refractivity contribution in [2.75, 3.05) is 11.4 Å². The van der Waals surface area contributed by atoms with Crippen LogP contribution in [0.25, 0.3) is 0 Å². The fourth-order valence-electron chi connectivity index (χ4n) is 2.90. The second-order valence-electron chi connectivity index (χ2n) is 6.19. The summed E-state index contributed by atoms with van der Waals surface area (Å²) < 4.78 is 5.31. The molecule has 2 aromatic carbocycles. The molecule has 0 bridgehead atoms. The molecular formula is C20H18ClNO4. The van der Waals surface area contributed by atoms with Crippen molar-refractivity contribution in [1.29, 1.82) is 0 Å². The van der Waals surface area contributed by atoms with Crippen molar-refractivity contribution in [1.82, 2.24) is 0 Å². The second-order valence-corrected chi connectivity index (χ2v) is 6.63. The molecule has 0 spiro atoms. The highest BCUT2D eigenvalue weighted by atomic mass is 35.5. The van der Waals surface area contributed by atoms with Crippen molar-refractivity contribution < 1.29 is 19.1 Å². The molecule has 0 unspecified atom stereocenters. The first-order chi connectivity index (χ1) is 12.5. The highest BCUT2D eigenvalue weighted by molar-refractivity contribution is 6.30. The molecule has 1 aliphatic rings. The normalized spacial score (nSPS) is 17.8. The van der Waals surface area contributed by atoms with Crippen LogP contribution in [0.1, 0.15) is 23.7 Å². The molecule has 1 saturated heterocycles. The van der Waals surface area contributed by atoms with Gasteiger partial charge < -0.3 is 9.64 Å². The molecule has 134 valence electrons. The molecule has 0 saturated carbocycles. The Bertz CT molecular complexity index is 819. The van der Waals surface area contributed by atoms with E-state index in [0.717, 1.165) is 0 Å². The Morgan fingerprint density at radius 3 is 2.42 bits per heavy atom. The van der Waals surface area contributed by atoms with Gasteiger partial charge in [0.05, 0.1) is 5.92 Å². The monoisotopic (exact) mass is 371 g/mol. The first kappa shape index (κ1) is 18.1. The van der Waals surface area contributed by atoms with Gasteiger partial charge in [-0.05, 0) is 31.2 Å². The number of ketones is 1. The number of rotatable bonds is 5. The minimum atomic E-state index is -0.899. The lowest BCUT2D eigenvalue weighted by atomic mass is 10.1. The fourth-order valence-corrected chi connectivity index (χ4v) is 3.02. The van der Waals surface area contributed by atoms with Gasteiger partial charge in [-0.2, -0.15) is 0 Å². The van der Waals surface area contributed by atoms with Crippen molar-refractivity contribution in [3.8, 4) is 0 Å². The highest BCUT2D eigenvalue weighted by Crippen LogP contribution is 2.27. The zero-order valence-corrected chi connectivity index (χ0v) is 15.0. The van der Waals surface area contributed by atoms with Gasteiger partial charge in [0.2, 0.25) is 11.7 Å². The molecule has 0 aliphatic carbocycles. The summed E-state index contributed by atoms with van der Waals surface area (Å²) in [5.74, 6) is -1.55. The first-order valence-corrected chi connectivity index (χ1v) is 8.69. The number of ether oxygens (including phenoxy) is 1. The number of amides is 1. The van der Waals surface area contributed by atoms with E-state index < -0.39 is 18.0 Å². The molecule has 3 rings (SSSR count). The summed E-state index contributed by atoms with van der Waals surface area (Å²) in [5.41, 5.74) is 1.17. The average molecular weight is 372 g/mol. The maximum atomic E-state index is 12.4. The summed E-state index contributed by atoms with van der Waals surface area (Å²) in [7, 11) is 0. The number of carbonyl (C=O) groups excluding carboxylic acids is 3. The van der Waals surface area contributed by atoms with E-state index in [1.165, 1.54) is 4.90 Å². The molecule has 26 heavy (non-hydrogen) atoms. The van der Waals surface area contributed by atoms with Crippen LogP contribution in [0.2, 0.25) is 5.02 Å². The quantitative estimate of drug-likeness (QED) is 0.596. The van der Waals surface area contributed by atoms with E-state index in [-0.39, 0.29) is 24.7 Å². The molecule has 0 radical (unpaired) electrons. The van der Waals surface area contributed by atoms with Crippen LogP contribution >= 0.6 is 11.6 Å². The number of Topliss-reactive ketones (excluding diaryl/α,β-unsaturated/α-hetero) is 1. The lowest BCUT2D eigenvalue weighted by Crippen LogP contribution is -2.30. The third-order valence-electron chi connectivity index (χ3n) is 4.32. The van der Waals surface area contributed by atoms with Gasteiger partial charge >= 0.3 is 5.97 Å². The summed E-state index contributed by atoms with van der Waals surface area (Å²) in [6.07, 6.45) is -0.835. The largest absolute Gasteiger partial charge is 0.454 e. The molecule has 1 heterocycles. The third kappa shape index (κ3) is 3.94. The Hall–Kier alpha value is -2.66. The van der Waals surface area contributed by atoms with E-state index in [2.05, 4.69) is 0 Å². The van der Waals surface area contributed by atoms with Crippen molar-refractivity contribution in [2.24, 2.45) is 5.92 Å². The highest BCUT2D eigenvalue weighted by Gasteiger charge is 2.37. The van der Waals surface area contributed by atoms with Crippen molar-refractivity contribution in [3.63, 3.8) is 0 Å². The predicted molar refractivity (Wildman–Crippen MR) is 98.2 cm³/mol. The van der Waals surface area contributed by atoms with Gasteiger partial charge in [-0.25, -0.2) is 0 Å². The number of hydrogen-bond donors (Lipinski definition) is 0. The Labute approximate surface area is 156 Å². The topological polar surface area (TPSA) is 63.7 Å². The SMILES string of the molecule is C[C@H](OC(=O)[C@@H]1CC(=O)N(c2ccc(Cl)cc2)C1)C(=O)c1ccccc1. The predicted octanol–water partition coefficient (Wildman–Crippen LogP) is 3.51. The standard InChI is InChI=1S/C20H18ClNO4/c1-13(19(24)14-5-3-2-4-6-14)26-20(25)15-11-18(23)22(12-15)17-9-7-16(21)8-10-17/h2-10,13,15H,11-12H2,1H3/t13-,15+/m0/s1. The number of anilines is 1. The van der Waals surface area contributed by atoms with E-state index in [1.54, 1.807) is 55.5 Å². The van der Waals surface area contributed by atoms with Crippen molar-refractivity contribution in [3.05, 3.63) is 65.2 Å². The smallest absolute Gasteiger partial charge is 0.312 e. The maximum Gasteiger partial charge on any atom is 0.312 e. The van der Waals surface area contributed by atoms with Gasteiger partial charge in [0.15, 0.2) is 6.10 Å². The second kappa shape index (κ2) is 7.70. The van der Waals surface area contributed by atoms with Crippen LogP contribution in [0.15, 0.2) is 54.6 Å². The summed E-state index contributed by atoms with van der Waals surface area (Å²) in [6.45, 7) is 1.77. The Morgan fingerprint density at radius 1 is 1.12 bits per heavy atom. The van der Waals surface area contributed by atoms with E-state index in [1.807, 2.05) is 6.07 Å². The van der Waals surface area contributed by atoms with Crippen molar-refractivity contribution in [2.45, 2.75) is 19.4 Å². The van der Waals surface area contributed by atoms with Gasteiger partial charge in [0, 0.05) is 29.2 Å². The fraction of sp³-hybridized carbons (Fsp3) is 0.250. The first-order valence-electron chi connectivity index (χ1n) is 8.31. The Morgan fingerprint density at radius 2 is 1.77 bits per heavy atom. The van der Waals surface area contributed by atoms with Crippen LogP contribution in [-0.4, -0.2) is 30.3 Å². The third-order valence-corrected chi connectivity index (χ3v) is 4.57. The summed E-state index contributed by atoms with van der Waals surface area (Å²) >= 11 is 5.86. The zero-order chi connectivity index (χ0) is 18.7. The van der Waals surface area contributed by atoms with E-state index >= 15 is 0 Å².